The van der Waals surface area contributed by atoms with E-state index in [4.69, 9.17) is 18.9 Å². The molecule has 212 valence electrons. The van der Waals surface area contributed by atoms with E-state index in [-0.39, 0.29) is 42.0 Å². The summed E-state index contributed by atoms with van der Waals surface area (Å²) >= 11 is 0. The van der Waals surface area contributed by atoms with Gasteiger partial charge in [-0.15, -0.1) is 0 Å². The molecule has 1 saturated carbocycles. The van der Waals surface area contributed by atoms with Crippen molar-refractivity contribution in [3.8, 4) is 17.4 Å². The van der Waals surface area contributed by atoms with Gasteiger partial charge in [0, 0.05) is 36.6 Å². The molecular weight excluding hydrogens is 510 g/mol. The van der Waals surface area contributed by atoms with Crippen molar-refractivity contribution < 1.29 is 28.5 Å². The molecule has 40 heavy (non-hydrogen) atoms. The van der Waals surface area contributed by atoms with E-state index in [0.29, 0.717) is 5.75 Å². The van der Waals surface area contributed by atoms with Crippen LogP contribution in [0.4, 0.5) is 4.79 Å². The van der Waals surface area contributed by atoms with Crippen molar-refractivity contribution in [2.75, 3.05) is 6.61 Å². The van der Waals surface area contributed by atoms with E-state index < -0.39 is 11.6 Å². The molecule has 4 rings (SSSR count). The number of nitrogens with one attached hydrogen (secondary N) is 1. The smallest absolute Gasteiger partial charge is 0.407 e. The maximum atomic E-state index is 11.9. The van der Waals surface area contributed by atoms with Crippen LogP contribution in [0.1, 0.15) is 76.1 Å². The van der Waals surface area contributed by atoms with E-state index >= 15 is 0 Å². The van der Waals surface area contributed by atoms with Crippen molar-refractivity contribution in [2.45, 2.75) is 77.5 Å². The second kappa shape index (κ2) is 11.9. The summed E-state index contributed by atoms with van der Waals surface area (Å²) in [6, 6.07) is 17.6. The van der Waals surface area contributed by atoms with E-state index in [1.54, 1.807) is 13.0 Å². The van der Waals surface area contributed by atoms with Gasteiger partial charge in [0.2, 0.25) is 11.7 Å². The lowest BCUT2D eigenvalue weighted by molar-refractivity contribution is 0.0362. The topological polar surface area (TPSA) is 109 Å². The summed E-state index contributed by atoms with van der Waals surface area (Å²) in [5, 5.41) is 2.89. The van der Waals surface area contributed by atoms with Crippen molar-refractivity contribution >= 4 is 12.1 Å². The number of alkyl carbamates (subject to hydrolysis) is 1. The molecule has 1 amide bonds. The average Bonchev–Trinajstić information content (AvgIpc) is 2.87. The maximum absolute atomic E-state index is 11.9. The van der Waals surface area contributed by atoms with Gasteiger partial charge in [0.05, 0.1) is 6.61 Å². The van der Waals surface area contributed by atoms with Crippen LogP contribution in [-0.4, -0.2) is 46.4 Å². The highest BCUT2D eigenvalue weighted by molar-refractivity contribution is 5.85. The predicted octanol–water partition coefficient (Wildman–Crippen LogP) is 6.21. The summed E-state index contributed by atoms with van der Waals surface area (Å²) < 4.78 is 22.2. The van der Waals surface area contributed by atoms with Crippen LogP contribution in [0.3, 0.4) is 0 Å². The minimum Gasteiger partial charge on any atom is -0.490 e. The predicted molar refractivity (Wildman–Crippen MR) is 150 cm³/mol. The molecular formula is C31H37N3O6. The van der Waals surface area contributed by atoms with Gasteiger partial charge in [-0.2, -0.15) is 4.98 Å². The first-order chi connectivity index (χ1) is 18.9. The third kappa shape index (κ3) is 7.49. The maximum Gasteiger partial charge on any atom is 0.407 e. The summed E-state index contributed by atoms with van der Waals surface area (Å²) in [6.45, 7) is 11.8. The lowest BCUT2D eigenvalue weighted by Gasteiger charge is -2.36. The minimum absolute atomic E-state index is 0.0425. The Morgan fingerprint density at radius 1 is 0.900 bits per heavy atom. The van der Waals surface area contributed by atoms with Gasteiger partial charge in [0.15, 0.2) is 0 Å². The Labute approximate surface area is 235 Å². The summed E-state index contributed by atoms with van der Waals surface area (Å²) in [4.78, 5) is 31.9. The third-order valence-corrected chi connectivity index (χ3v) is 6.58. The van der Waals surface area contributed by atoms with Gasteiger partial charge < -0.3 is 24.3 Å². The third-order valence-electron chi connectivity index (χ3n) is 6.58. The van der Waals surface area contributed by atoms with E-state index in [1.807, 2.05) is 57.2 Å². The van der Waals surface area contributed by atoms with E-state index in [0.717, 1.165) is 29.7 Å². The molecule has 0 radical (unpaired) electrons. The summed E-state index contributed by atoms with van der Waals surface area (Å²) in [7, 11) is 0. The molecule has 1 heterocycles. The highest BCUT2D eigenvalue weighted by Crippen LogP contribution is 2.35. The van der Waals surface area contributed by atoms with E-state index in [2.05, 4.69) is 41.3 Å². The number of benzene rings is 2. The second-order valence-electron chi connectivity index (χ2n) is 11.3. The first-order valence-corrected chi connectivity index (χ1v) is 13.5. The van der Waals surface area contributed by atoms with E-state index in [1.165, 1.54) is 6.20 Å². The van der Waals surface area contributed by atoms with Crippen LogP contribution in [0.15, 0.2) is 60.8 Å². The van der Waals surface area contributed by atoms with Gasteiger partial charge in [-0.1, -0.05) is 38.1 Å². The standard InChI is InChI=1S/C31H37N3O6/c1-7-37-28(35)27-32-17-16-26(34-27)39-24-14-10-21(11-15-24)31(5,6)20-8-12-23(13-9-20)38-25-18-22(19-25)33-29(36)40-30(2,3)4/h8-17,22,25H,7,18-19H2,1-6H3,(H,33,36)/t22-,25-. The van der Waals surface area contributed by atoms with Crippen molar-refractivity contribution in [3.63, 3.8) is 0 Å². The number of nitrogens with zero attached hydrogens (tertiary/aromatic N) is 2. The fourth-order valence-electron chi connectivity index (χ4n) is 4.32. The molecule has 0 atom stereocenters. The van der Waals surface area contributed by atoms with Gasteiger partial charge in [-0.25, -0.2) is 14.6 Å². The van der Waals surface area contributed by atoms with Crippen LogP contribution < -0.4 is 14.8 Å². The van der Waals surface area contributed by atoms with Gasteiger partial charge in [-0.05, 0) is 63.1 Å². The number of rotatable bonds is 9. The largest absolute Gasteiger partial charge is 0.490 e. The molecule has 1 fully saturated rings. The first-order valence-electron chi connectivity index (χ1n) is 13.5. The van der Waals surface area contributed by atoms with Crippen molar-refractivity contribution in [1.82, 2.24) is 15.3 Å². The number of ether oxygens (including phenoxy) is 4. The molecule has 1 aliphatic rings. The molecule has 0 unspecified atom stereocenters. The molecule has 0 bridgehead atoms. The van der Waals surface area contributed by atoms with Gasteiger partial charge in [0.1, 0.15) is 23.2 Å². The van der Waals surface area contributed by atoms with Crippen LogP contribution in [0.25, 0.3) is 0 Å². The fraction of sp³-hybridized carbons (Fsp3) is 0.419. The Hall–Kier alpha value is -4.14. The van der Waals surface area contributed by atoms with E-state index in [9.17, 15) is 9.59 Å². The van der Waals surface area contributed by atoms with Crippen LogP contribution in [0.5, 0.6) is 17.4 Å². The number of carbonyl (C=O) groups excluding carboxylic acids is 2. The van der Waals surface area contributed by atoms with Crippen LogP contribution in [0.2, 0.25) is 0 Å². The normalized spacial score (nSPS) is 16.9. The Kier molecular flexibility index (Phi) is 8.61. The van der Waals surface area contributed by atoms with Crippen LogP contribution >= 0.6 is 0 Å². The molecule has 9 nitrogen and oxygen atoms in total. The van der Waals surface area contributed by atoms with Crippen LogP contribution in [0, 0.1) is 0 Å². The quantitative estimate of drug-likeness (QED) is 0.315. The molecule has 0 spiro atoms. The van der Waals surface area contributed by atoms with Crippen molar-refractivity contribution in [3.05, 3.63) is 77.7 Å². The molecule has 1 aliphatic carbocycles. The highest BCUT2D eigenvalue weighted by Gasteiger charge is 2.33. The molecule has 2 aromatic carbocycles. The lowest BCUT2D eigenvalue weighted by Crippen LogP contribution is -2.50. The van der Waals surface area contributed by atoms with Crippen molar-refractivity contribution in [2.24, 2.45) is 0 Å². The van der Waals surface area contributed by atoms with Crippen LogP contribution in [-0.2, 0) is 14.9 Å². The average molecular weight is 548 g/mol. The molecule has 0 saturated heterocycles. The monoisotopic (exact) mass is 547 g/mol. The summed E-state index contributed by atoms with van der Waals surface area (Å²) in [5.74, 6) is 1.03. The number of esters is 1. The number of carbonyl (C=O) groups is 2. The summed E-state index contributed by atoms with van der Waals surface area (Å²) in [6.07, 6.45) is 2.64. The van der Waals surface area contributed by atoms with Gasteiger partial charge in [-0.3, -0.25) is 0 Å². The number of hydrogen-bond donors (Lipinski definition) is 1. The zero-order valence-electron chi connectivity index (χ0n) is 23.9. The second-order valence-corrected chi connectivity index (χ2v) is 11.3. The molecule has 1 aromatic heterocycles. The SMILES string of the molecule is CCOC(=O)c1nccc(Oc2ccc(C(C)(C)c3ccc(O[C@H]4C[C@H](NC(=O)OC(C)(C)C)C4)cc3)cc2)n1. The lowest BCUT2D eigenvalue weighted by atomic mass is 9.78. The number of aromatic nitrogens is 2. The molecule has 3 aromatic rings. The molecule has 0 aliphatic heterocycles. The molecule has 9 heteroatoms. The zero-order valence-corrected chi connectivity index (χ0v) is 23.9. The Balaban J connectivity index is 1.31. The molecule has 1 N–H and O–H groups in total. The first kappa shape index (κ1) is 28.9. The Bertz CT molecular complexity index is 1310. The minimum atomic E-state index is -0.589. The zero-order chi connectivity index (χ0) is 28.9. The Morgan fingerprint density at radius 2 is 1.50 bits per heavy atom. The van der Waals surface area contributed by atoms with Gasteiger partial charge in [0.25, 0.3) is 0 Å². The summed E-state index contributed by atoms with van der Waals surface area (Å²) in [5.41, 5.74) is 1.48. The number of hydrogen-bond acceptors (Lipinski definition) is 8. The van der Waals surface area contributed by atoms with Crippen molar-refractivity contribution in [1.29, 1.82) is 0 Å². The fourth-order valence-corrected chi connectivity index (χ4v) is 4.32. The van der Waals surface area contributed by atoms with Gasteiger partial charge >= 0.3 is 12.1 Å². The Morgan fingerprint density at radius 3 is 2.08 bits per heavy atom. The number of amides is 1. The highest BCUT2D eigenvalue weighted by atomic mass is 16.6.